The van der Waals surface area contributed by atoms with Crippen LogP contribution in [0.15, 0.2) is 18.2 Å². The van der Waals surface area contributed by atoms with E-state index in [4.69, 9.17) is 4.74 Å². The van der Waals surface area contributed by atoms with Crippen molar-refractivity contribution in [1.29, 1.82) is 0 Å². The van der Waals surface area contributed by atoms with Crippen LogP contribution < -0.4 is 4.74 Å². The minimum absolute atomic E-state index is 0.0283. The second-order valence-corrected chi connectivity index (χ2v) is 7.84. The summed E-state index contributed by atoms with van der Waals surface area (Å²) in [5.74, 6) is 0.460. The van der Waals surface area contributed by atoms with E-state index in [1.165, 1.54) is 0 Å². The van der Waals surface area contributed by atoms with Crippen molar-refractivity contribution in [2.45, 2.75) is 33.2 Å². The Morgan fingerprint density at radius 1 is 1.11 bits per heavy atom. The normalized spacial score (nSPS) is 20.1. The van der Waals surface area contributed by atoms with Crippen LogP contribution in [0, 0.1) is 12.8 Å². The fourth-order valence-electron chi connectivity index (χ4n) is 3.92. The van der Waals surface area contributed by atoms with Gasteiger partial charge < -0.3 is 19.4 Å². The monoisotopic (exact) mass is 387 g/mol. The van der Waals surface area contributed by atoms with E-state index in [0.717, 1.165) is 5.56 Å². The number of piperazine rings is 1. The minimum Gasteiger partial charge on any atom is -0.496 e. The summed E-state index contributed by atoms with van der Waals surface area (Å²) in [7, 11) is 1.59. The van der Waals surface area contributed by atoms with Gasteiger partial charge in [-0.15, -0.1) is 0 Å². The summed E-state index contributed by atoms with van der Waals surface area (Å²) in [5.41, 5.74) is 1.58. The van der Waals surface area contributed by atoms with Crippen molar-refractivity contribution in [1.82, 2.24) is 14.7 Å². The van der Waals surface area contributed by atoms with Gasteiger partial charge in [0, 0.05) is 50.7 Å². The van der Waals surface area contributed by atoms with Crippen molar-refractivity contribution in [2.24, 2.45) is 5.92 Å². The predicted molar refractivity (Wildman–Crippen MR) is 105 cm³/mol. The molecule has 0 N–H and O–H groups in total. The lowest BCUT2D eigenvalue weighted by atomic mass is 10.1. The number of carbonyl (C=O) groups is 3. The van der Waals surface area contributed by atoms with E-state index >= 15 is 0 Å². The second-order valence-electron chi connectivity index (χ2n) is 7.84. The number of hydrogen-bond donors (Lipinski definition) is 0. The number of rotatable bonds is 4. The summed E-state index contributed by atoms with van der Waals surface area (Å²) in [6, 6.07) is 5.57. The third kappa shape index (κ3) is 3.98. The number of ether oxygens (including phenoxy) is 1. The average Bonchev–Trinajstić information content (AvgIpc) is 3.09. The van der Waals surface area contributed by atoms with Crippen LogP contribution in [0.2, 0.25) is 0 Å². The Labute approximate surface area is 166 Å². The third-order valence-corrected chi connectivity index (χ3v) is 5.66. The molecule has 2 saturated heterocycles. The second kappa shape index (κ2) is 8.20. The first-order valence-corrected chi connectivity index (χ1v) is 9.84. The van der Waals surface area contributed by atoms with Crippen molar-refractivity contribution >= 4 is 17.7 Å². The van der Waals surface area contributed by atoms with Crippen LogP contribution in [0.1, 0.15) is 36.2 Å². The molecule has 0 aliphatic carbocycles. The van der Waals surface area contributed by atoms with Crippen LogP contribution in [-0.4, -0.2) is 78.3 Å². The molecular weight excluding hydrogens is 358 g/mol. The number of hydrogen-bond acceptors (Lipinski definition) is 4. The maximum absolute atomic E-state index is 12.8. The van der Waals surface area contributed by atoms with Gasteiger partial charge in [-0.3, -0.25) is 14.4 Å². The maximum atomic E-state index is 12.8. The van der Waals surface area contributed by atoms with Gasteiger partial charge >= 0.3 is 0 Å². The zero-order chi connectivity index (χ0) is 20.4. The van der Waals surface area contributed by atoms with Gasteiger partial charge in [0.2, 0.25) is 11.8 Å². The van der Waals surface area contributed by atoms with E-state index in [0.29, 0.717) is 50.5 Å². The average molecular weight is 387 g/mol. The minimum atomic E-state index is -0.265. The summed E-state index contributed by atoms with van der Waals surface area (Å²) < 4.78 is 5.31. The molecule has 3 amide bonds. The molecule has 0 aromatic heterocycles. The first-order valence-electron chi connectivity index (χ1n) is 9.84. The quantitative estimate of drug-likeness (QED) is 0.786. The largest absolute Gasteiger partial charge is 0.496 e. The Morgan fingerprint density at radius 2 is 1.75 bits per heavy atom. The molecule has 0 bridgehead atoms. The fraction of sp³-hybridized carbons (Fsp3) is 0.571. The van der Waals surface area contributed by atoms with Crippen molar-refractivity contribution in [2.75, 3.05) is 39.8 Å². The number of carbonyl (C=O) groups excluding carboxylic acids is 3. The van der Waals surface area contributed by atoms with Crippen LogP contribution in [-0.2, 0) is 9.59 Å². The molecule has 2 fully saturated rings. The number of likely N-dealkylation sites (tertiary alicyclic amines) is 1. The molecule has 2 heterocycles. The van der Waals surface area contributed by atoms with Gasteiger partial charge in [-0.1, -0.05) is 6.07 Å². The molecule has 1 aromatic rings. The van der Waals surface area contributed by atoms with Crippen molar-refractivity contribution in [3.63, 3.8) is 0 Å². The number of amides is 3. The summed E-state index contributed by atoms with van der Waals surface area (Å²) in [6.45, 7) is 8.36. The molecule has 0 saturated carbocycles. The Bertz CT molecular complexity index is 769. The van der Waals surface area contributed by atoms with Gasteiger partial charge in [0.25, 0.3) is 5.91 Å². The van der Waals surface area contributed by atoms with Gasteiger partial charge in [-0.05, 0) is 38.5 Å². The van der Waals surface area contributed by atoms with Crippen molar-refractivity contribution < 1.29 is 19.1 Å². The molecule has 1 aromatic carbocycles. The molecule has 7 nitrogen and oxygen atoms in total. The summed E-state index contributed by atoms with van der Waals surface area (Å²) >= 11 is 0. The van der Waals surface area contributed by atoms with Crippen molar-refractivity contribution in [3.05, 3.63) is 29.3 Å². The highest BCUT2D eigenvalue weighted by Crippen LogP contribution is 2.24. The SMILES string of the molecule is COc1cc(C(=O)N2CCN(C(=O)[C@H]3CC(=O)N(C(C)C)C3)CC2)ccc1C. The molecule has 1 atom stereocenters. The van der Waals surface area contributed by atoms with E-state index in [1.54, 1.807) is 27.9 Å². The molecule has 3 rings (SSSR count). The zero-order valence-electron chi connectivity index (χ0n) is 17.1. The number of benzene rings is 1. The number of aryl methyl sites for hydroxylation is 1. The smallest absolute Gasteiger partial charge is 0.254 e. The standard InChI is InChI=1S/C21H29N3O4/c1-14(2)24-13-17(12-19(24)25)21(27)23-9-7-22(8-10-23)20(26)16-6-5-15(3)18(11-16)28-4/h5-6,11,14,17H,7-10,12-13H2,1-4H3/t17-/m0/s1. The molecule has 2 aliphatic rings. The van der Waals surface area contributed by atoms with E-state index < -0.39 is 0 Å². The Hall–Kier alpha value is -2.57. The topological polar surface area (TPSA) is 70.2 Å². The molecule has 0 spiro atoms. The highest BCUT2D eigenvalue weighted by atomic mass is 16.5. The first-order chi connectivity index (χ1) is 13.3. The molecule has 2 aliphatic heterocycles. The summed E-state index contributed by atoms with van der Waals surface area (Å²) in [5, 5.41) is 0. The molecule has 28 heavy (non-hydrogen) atoms. The summed E-state index contributed by atoms with van der Waals surface area (Å²) in [4.78, 5) is 43.0. The molecular formula is C21H29N3O4. The third-order valence-electron chi connectivity index (χ3n) is 5.66. The van der Waals surface area contributed by atoms with Gasteiger partial charge in [0.15, 0.2) is 0 Å². The fourth-order valence-corrected chi connectivity index (χ4v) is 3.92. The predicted octanol–water partition coefficient (Wildman–Crippen LogP) is 1.54. The molecule has 152 valence electrons. The van der Waals surface area contributed by atoms with Crippen LogP contribution in [0.25, 0.3) is 0 Å². The lowest BCUT2D eigenvalue weighted by Crippen LogP contribution is -2.52. The van der Waals surface area contributed by atoms with E-state index in [9.17, 15) is 14.4 Å². The lowest BCUT2D eigenvalue weighted by molar-refractivity contribution is -0.137. The van der Waals surface area contributed by atoms with Gasteiger partial charge in [-0.2, -0.15) is 0 Å². The zero-order valence-corrected chi connectivity index (χ0v) is 17.1. The van der Waals surface area contributed by atoms with Crippen LogP contribution >= 0.6 is 0 Å². The molecule has 0 radical (unpaired) electrons. The lowest BCUT2D eigenvalue weighted by Gasteiger charge is -2.36. The van der Waals surface area contributed by atoms with Gasteiger partial charge in [0.1, 0.15) is 5.75 Å². The Morgan fingerprint density at radius 3 is 2.32 bits per heavy atom. The van der Waals surface area contributed by atoms with Crippen molar-refractivity contribution in [3.8, 4) is 5.75 Å². The maximum Gasteiger partial charge on any atom is 0.254 e. The van der Waals surface area contributed by atoms with E-state index in [1.807, 2.05) is 32.9 Å². The molecule has 0 unspecified atom stereocenters. The first kappa shape index (κ1) is 20.2. The van der Waals surface area contributed by atoms with Crippen LogP contribution in [0.5, 0.6) is 5.75 Å². The van der Waals surface area contributed by atoms with E-state index in [-0.39, 0.29) is 29.7 Å². The van der Waals surface area contributed by atoms with Gasteiger partial charge in [-0.25, -0.2) is 0 Å². The van der Waals surface area contributed by atoms with E-state index in [2.05, 4.69) is 0 Å². The van der Waals surface area contributed by atoms with Crippen LogP contribution in [0.4, 0.5) is 0 Å². The molecule has 7 heteroatoms. The Balaban J connectivity index is 1.58. The Kier molecular flexibility index (Phi) is 5.91. The highest BCUT2D eigenvalue weighted by Gasteiger charge is 2.38. The highest BCUT2D eigenvalue weighted by molar-refractivity contribution is 5.95. The number of methoxy groups -OCH3 is 1. The van der Waals surface area contributed by atoms with Crippen LogP contribution in [0.3, 0.4) is 0 Å². The number of nitrogens with zero attached hydrogens (tertiary/aromatic N) is 3. The van der Waals surface area contributed by atoms with Gasteiger partial charge in [0.05, 0.1) is 13.0 Å². The summed E-state index contributed by atoms with van der Waals surface area (Å²) in [6.07, 6.45) is 0.291.